The summed E-state index contributed by atoms with van der Waals surface area (Å²) in [7, 11) is 0. The van der Waals surface area contributed by atoms with Gasteiger partial charge >= 0.3 is 0 Å². The maximum atomic E-state index is 4.02. The fraction of sp³-hybridized carbons (Fsp3) is 0.520. The third kappa shape index (κ3) is 4.80. The highest BCUT2D eigenvalue weighted by Crippen LogP contribution is 2.35. The number of rotatable bonds is 6. The summed E-state index contributed by atoms with van der Waals surface area (Å²) < 4.78 is 0. The molecule has 0 aromatic heterocycles. The zero-order valence-electron chi connectivity index (χ0n) is 16.6. The Balaban J connectivity index is 1.60. The van der Waals surface area contributed by atoms with Gasteiger partial charge in [0, 0.05) is 18.1 Å². The SMILES string of the molecule is c1ccc(CC2(Cc3ccccc3)CCCCN2NC2CCCCC2)cc1. The molecule has 0 amide bonds. The summed E-state index contributed by atoms with van der Waals surface area (Å²) in [5.41, 5.74) is 7.13. The van der Waals surface area contributed by atoms with Crippen LogP contribution in [-0.4, -0.2) is 23.1 Å². The number of nitrogens with zero attached hydrogens (tertiary/aromatic N) is 1. The Labute approximate surface area is 165 Å². The van der Waals surface area contributed by atoms with Crippen molar-refractivity contribution in [2.24, 2.45) is 0 Å². The summed E-state index contributed by atoms with van der Waals surface area (Å²) in [5.74, 6) is 0. The summed E-state index contributed by atoms with van der Waals surface area (Å²) in [6.45, 7) is 1.18. The molecule has 1 saturated carbocycles. The quantitative estimate of drug-likeness (QED) is 0.726. The molecule has 0 atom stereocenters. The Morgan fingerprint density at radius 1 is 0.741 bits per heavy atom. The summed E-state index contributed by atoms with van der Waals surface area (Å²) >= 11 is 0. The number of hydrogen-bond donors (Lipinski definition) is 1. The molecule has 0 spiro atoms. The van der Waals surface area contributed by atoms with Crippen LogP contribution in [0.1, 0.15) is 62.5 Å². The first-order chi connectivity index (χ1) is 13.3. The Hall–Kier alpha value is -1.64. The van der Waals surface area contributed by atoms with Crippen molar-refractivity contribution in [1.82, 2.24) is 10.4 Å². The molecule has 1 saturated heterocycles. The summed E-state index contributed by atoms with van der Waals surface area (Å²) in [6.07, 6.45) is 13.0. The maximum absolute atomic E-state index is 4.02. The van der Waals surface area contributed by atoms with E-state index in [1.807, 2.05) is 0 Å². The molecule has 2 nitrogen and oxygen atoms in total. The Morgan fingerprint density at radius 2 is 1.33 bits per heavy atom. The topological polar surface area (TPSA) is 15.3 Å². The highest BCUT2D eigenvalue weighted by molar-refractivity contribution is 5.23. The molecule has 2 aliphatic rings. The molecule has 2 heteroatoms. The normalized spacial score (nSPS) is 21.2. The van der Waals surface area contributed by atoms with E-state index in [0.717, 1.165) is 12.8 Å². The minimum absolute atomic E-state index is 0.179. The van der Waals surface area contributed by atoms with Gasteiger partial charge in [0.15, 0.2) is 0 Å². The van der Waals surface area contributed by atoms with Gasteiger partial charge in [0.1, 0.15) is 0 Å². The van der Waals surface area contributed by atoms with Gasteiger partial charge in [-0.2, -0.15) is 0 Å². The Morgan fingerprint density at radius 3 is 1.93 bits per heavy atom. The van der Waals surface area contributed by atoms with Crippen LogP contribution >= 0.6 is 0 Å². The van der Waals surface area contributed by atoms with Crippen molar-refractivity contribution < 1.29 is 0 Å². The molecule has 2 aromatic carbocycles. The van der Waals surface area contributed by atoms with E-state index in [2.05, 4.69) is 71.1 Å². The standard InChI is InChI=1S/C25H34N2/c1-4-12-22(13-5-1)20-25(21-23-14-6-2-7-15-23)18-10-11-19-27(25)26-24-16-8-3-9-17-24/h1-2,4-7,12-15,24,26H,3,8-11,16-21H2. The monoisotopic (exact) mass is 362 g/mol. The minimum atomic E-state index is 0.179. The first-order valence-corrected chi connectivity index (χ1v) is 11.0. The first kappa shape index (κ1) is 18.7. The third-order valence-corrected chi connectivity index (χ3v) is 6.54. The van der Waals surface area contributed by atoms with Gasteiger partial charge in [-0.25, -0.2) is 5.01 Å². The summed E-state index contributed by atoms with van der Waals surface area (Å²) in [6, 6.07) is 22.9. The second kappa shape index (κ2) is 9.03. The molecule has 2 aromatic rings. The molecule has 0 radical (unpaired) electrons. The van der Waals surface area contributed by atoms with Crippen LogP contribution in [0.15, 0.2) is 60.7 Å². The van der Waals surface area contributed by atoms with Gasteiger partial charge in [0.25, 0.3) is 0 Å². The van der Waals surface area contributed by atoms with Gasteiger partial charge in [0.2, 0.25) is 0 Å². The van der Waals surface area contributed by atoms with E-state index in [4.69, 9.17) is 0 Å². The molecule has 1 aliphatic heterocycles. The lowest BCUT2D eigenvalue weighted by atomic mass is 9.77. The second-order valence-corrected chi connectivity index (χ2v) is 8.62. The van der Waals surface area contributed by atoms with Crippen LogP contribution in [0.4, 0.5) is 0 Å². The van der Waals surface area contributed by atoms with Gasteiger partial charge in [-0.3, -0.25) is 5.43 Å². The third-order valence-electron chi connectivity index (χ3n) is 6.54. The molecule has 0 unspecified atom stereocenters. The fourth-order valence-corrected chi connectivity index (χ4v) is 5.13. The van der Waals surface area contributed by atoms with Crippen LogP contribution in [0.25, 0.3) is 0 Å². The number of piperidine rings is 1. The molecule has 1 N–H and O–H groups in total. The lowest BCUT2D eigenvalue weighted by Gasteiger charge is -2.49. The van der Waals surface area contributed by atoms with E-state index in [1.165, 1.54) is 69.0 Å². The maximum Gasteiger partial charge on any atom is 0.0434 e. The summed E-state index contributed by atoms with van der Waals surface area (Å²) in [5, 5.41) is 2.67. The molecule has 27 heavy (non-hydrogen) atoms. The fourth-order valence-electron chi connectivity index (χ4n) is 5.13. The van der Waals surface area contributed by atoms with Crippen LogP contribution in [-0.2, 0) is 12.8 Å². The highest BCUT2D eigenvalue weighted by Gasteiger charge is 2.40. The number of hydrazine groups is 1. The van der Waals surface area contributed by atoms with E-state index < -0.39 is 0 Å². The highest BCUT2D eigenvalue weighted by atomic mass is 15.5. The second-order valence-electron chi connectivity index (χ2n) is 8.62. The Kier molecular flexibility index (Phi) is 6.26. The lowest BCUT2D eigenvalue weighted by Crippen LogP contribution is -2.62. The molecular weight excluding hydrogens is 328 g/mol. The van der Waals surface area contributed by atoms with Gasteiger partial charge in [0.05, 0.1) is 0 Å². The smallest absolute Gasteiger partial charge is 0.0434 e. The van der Waals surface area contributed by atoms with Crippen molar-refractivity contribution in [2.75, 3.05) is 6.54 Å². The van der Waals surface area contributed by atoms with Gasteiger partial charge in [-0.1, -0.05) is 86.3 Å². The van der Waals surface area contributed by atoms with E-state index in [-0.39, 0.29) is 5.54 Å². The number of hydrogen-bond acceptors (Lipinski definition) is 2. The average molecular weight is 363 g/mol. The molecule has 2 fully saturated rings. The van der Waals surface area contributed by atoms with Gasteiger partial charge < -0.3 is 0 Å². The zero-order chi connectivity index (χ0) is 18.4. The van der Waals surface area contributed by atoms with Gasteiger partial charge in [-0.15, -0.1) is 0 Å². The number of nitrogens with one attached hydrogen (secondary N) is 1. The van der Waals surface area contributed by atoms with Crippen LogP contribution in [0.3, 0.4) is 0 Å². The van der Waals surface area contributed by atoms with Crippen LogP contribution in [0.5, 0.6) is 0 Å². The average Bonchev–Trinajstić information content (AvgIpc) is 2.72. The van der Waals surface area contributed by atoms with Crippen molar-refractivity contribution >= 4 is 0 Å². The largest absolute Gasteiger partial charge is 0.252 e. The van der Waals surface area contributed by atoms with Crippen molar-refractivity contribution in [1.29, 1.82) is 0 Å². The molecule has 4 rings (SSSR count). The molecule has 1 aliphatic carbocycles. The molecule has 1 heterocycles. The van der Waals surface area contributed by atoms with E-state index in [1.54, 1.807) is 0 Å². The van der Waals surface area contributed by atoms with Crippen LogP contribution < -0.4 is 5.43 Å². The van der Waals surface area contributed by atoms with E-state index in [0.29, 0.717) is 6.04 Å². The van der Waals surface area contributed by atoms with E-state index in [9.17, 15) is 0 Å². The predicted octanol–water partition coefficient (Wildman–Crippen LogP) is 5.53. The minimum Gasteiger partial charge on any atom is -0.252 e. The predicted molar refractivity (Wildman–Crippen MR) is 114 cm³/mol. The molecular formula is C25H34N2. The zero-order valence-corrected chi connectivity index (χ0v) is 16.6. The van der Waals surface area contributed by atoms with Crippen molar-refractivity contribution in [2.45, 2.75) is 75.8 Å². The van der Waals surface area contributed by atoms with E-state index >= 15 is 0 Å². The molecule has 0 bridgehead atoms. The number of benzene rings is 2. The van der Waals surface area contributed by atoms with Crippen molar-refractivity contribution in [3.63, 3.8) is 0 Å². The van der Waals surface area contributed by atoms with Crippen molar-refractivity contribution in [3.8, 4) is 0 Å². The Bertz CT molecular complexity index is 634. The lowest BCUT2D eigenvalue weighted by molar-refractivity contribution is -0.0193. The van der Waals surface area contributed by atoms with Gasteiger partial charge in [-0.05, 0) is 49.7 Å². The molecule has 144 valence electrons. The van der Waals surface area contributed by atoms with Crippen molar-refractivity contribution in [3.05, 3.63) is 71.8 Å². The van der Waals surface area contributed by atoms with Crippen LogP contribution in [0, 0.1) is 0 Å². The van der Waals surface area contributed by atoms with Crippen LogP contribution in [0.2, 0.25) is 0 Å². The first-order valence-electron chi connectivity index (χ1n) is 11.0. The summed E-state index contributed by atoms with van der Waals surface area (Å²) in [4.78, 5) is 0.